The summed E-state index contributed by atoms with van der Waals surface area (Å²) in [5, 5.41) is 0. The summed E-state index contributed by atoms with van der Waals surface area (Å²) in [6, 6.07) is 10.7. The molecule has 0 fully saturated rings. The molecule has 0 aliphatic carbocycles. The first kappa shape index (κ1) is 16.8. The Kier molecular flexibility index (Phi) is 4.90. The zero-order valence-electron chi connectivity index (χ0n) is 12.9. The molecule has 0 unspecified atom stereocenters. The van der Waals surface area contributed by atoms with Gasteiger partial charge in [0, 0.05) is 11.3 Å². The number of hydrogen-bond donors (Lipinski definition) is 2. The van der Waals surface area contributed by atoms with E-state index in [1.165, 1.54) is 25.3 Å². The Morgan fingerprint density at radius 3 is 2.57 bits per heavy atom. The molecular formula is C16H18N2O4S. The van der Waals surface area contributed by atoms with Crippen LogP contribution in [0.1, 0.15) is 22.8 Å². The Morgan fingerprint density at radius 1 is 1.22 bits per heavy atom. The fourth-order valence-electron chi connectivity index (χ4n) is 2.15. The Bertz CT molecular complexity index is 832. The number of carbonyl (C=O) groups is 1. The maximum atomic E-state index is 12.5. The molecule has 0 heterocycles. The molecule has 6 nitrogen and oxygen atoms in total. The summed E-state index contributed by atoms with van der Waals surface area (Å²) in [7, 11) is -2.23. The van der Waals surface area contributed by atoms with Crippen molar-refractivity contribution in [3.63, 3.8) is 0 Å². The van der Waals surface area contributed by atoms with Crippen molar-refractivity contribution in [1.82, 2.24) is 0 Å². The molecule has 0 atom stereocenters. The van der Waals surface area contributed by atoms with Gasteiger partial charge < -0.3 is 10.5 Å². The molecule has 0 bridgehead atoms. The minimum absolute atomic E-state index is 0.125. The average molecular weight is 334 g/mol. The Labute approximate surface area is 135 Å². The van der Waals surface area contributed by atoms with E-state index in [0.717, 1.165) is 5.56 Å². The number of amides is 1. The zero-order chi connectivity index (χ0) is 17.0. The number of hydrogen-bond acceptors (Lipinski definition) is 4. The summed E-state index contributed by atoms with van der Waals surface area (Å²) in [6.45, 7) is 1.91. The minimum atomic E-state index is -3.77. The Morgan fingerprint density at radius 2 is 1.96 bits per heavy atom. The van der Waals surface area contributed by atoms with E-state index in [1.807, 2.05) is 6.92 Å². The van der Waals surface area contributed by atoms with Crippen LogP contribution in [0.2, 0.25) is 0 Å². The van der Waals surface area contributed by atoms with E-state index in [4.69, 9.17) is 10.5 Å². The highest BCUT2D eigenvalue weighted by atomic mass is 32.2. The van der Waals surface area contributed by atoms with E-state index in [0.29, 0.717) is 12.2 Å². The Balaban J connectivity index is 2.35. The highest BCUT2D eigenvalue weighted by Crippen LogP contribution is 2.24. The molecule has 0 radical (unpaired) electrons. The number of sulfonamides is 1. The fourth-order valence-corrected chi connectivity index (χ4v) is 3.25. The molecule has 2 aromatic carbocycles. The molecule has 0 aromatic heterocycles. The standard InChI is InChI=1S/C16H18N2O4S/c1-3-11-10-14(7-8-15(11)22-2)23(20,21)18-13-6-4-5-12(9-13)16(17)19/h4-10,18H,3H2,1-2H3,(H2,17,19). The summed E-state index contributed by atoms with van der Waals surface area (Å²) >= 11 is 0. The van der Waals surface area contributed by atoms with Gasteiger partial charge >= 0.3 is 0 Å². The number of ether oxygens (including phenoxy) is 1. The largest absolute Gasteiger partial charge is 0.496 e. The van der Waals surface area contributed by atoms with Crippen LogP contribution in [0, 0.1) is 0 Å². The van der Waals surface area contributed by atoms with Gasteiger partial charge in [0.15, 0.2) is 0 Å². The number of aryl methyl sites for hydroxylation is 1. The normalized spacial score (nSPS) is 11.0. The molecule has 122 valence electrons. The highest BCUT2D eigenvalue weighted by molar-refractivity contribution is 7.92. The molecule has 1 amide bonds. The van der Waals surface area contributed by atoms with Crippen molar-refractivity contribution in [3.8, 4) is 5.75 Å². The molecular weight excluding hydrogens is 316 g/mol. The number of carbonyl (C=O) groups excluding carboxylic acids is 1. The van der Waals surface area contributed by atoms with Gasteiger partial charge in [0.25, 0.3) is 10.0 Å². The van der Waals surface area contributed by atoms with E-state index in [1.54, 1.807) is 24.3 Å². The van der Waals surface area contributed by atoms with E-state index >= 15 is 0 Å². The van der Waals surface area contributed by atoms with Crippen LogP contribution < -0.4 is 15.2 Å². The summed E-state index contributed by atoms with van der Waals surface area (Å²) < 4.78 is 32.6. The first-order valence-electron chi connectivity index (χ1n) is 6.97. The van der Waals surface area contributed by atoms with Crippen LogP contribution in [0.15, 0.2) is 47.4 Å². The average Bonchev–Trinajstić information content (AvgIpc) is 2.53. The van der Waals surface area contributed by atoms with Gasteiger partial charge in [-0.05, 0) is 48.4 Å². The van der Waals surface area contributed by atoms with Gasteiger partial charge in [-0.3, -0.25) is 9.52 Å². The topological polar surface area (TPSA) is 98.5 Å². The number of nitrogens with two attached hydrogens (primary N) is 1. The number of primary amides is 1. The third kappa shape index (κ3) is 3.81. The van der Waals surface area contributed by atoms with E-state index in [-0.39, 0.29) is 16.1 Å². The molecule has 0 saturated carbocycles. The minimum Gasteiger partial charge on any atom is -0.496 e. The van der Waals surface area contributed by atoms with Crippen molar-refractivity contribution < 1.29 is 17.9 Å². The van der Waals surface area contributed by atoms with E-state index in [9.17, 15) is 13.2 Å². The number of anilines is 1. The summed E-state index contributed by atoms with van der Waals surface area (Å²) in [5.41, 5.74) is 6.49. The smallest absolute Gasteiger partial charge is 0.261 e. The van der Waals surface area contributed by atoms with Gasteiger partial charge in [0.2, 0.25) is 5.91 Å². The molecule has 3 N–H and O–H groups in total. The van der Waals surface area contributed by atoms with Crippen LogP contribution >= 0.6 is 0 Å². The van der Waals surface area contributed by atoms with Gasteiger partial charge in [-0.25, -0.2) is 8.42 Å². The molecule has 7 heteroatoms. The van der Waals surface area contributed by atoms with Gasteiger partial charge in [-0.1, -0.05) is 13.0 Å². The number of rotatable bonds is 6. The van der Waals surface area contributed by atoms with Crippen LogP contribution in [-0.4, -0.2) is 21.4 Å². The Hall–Kier alpha value is -2.54. The SMILES string of the molecule is CCc1cc(S(=O)(=O)Nc2cccc(C(N)=O)c2)ccc1OC. The van der Waals surface area contributed by atoms with Gasteiger partial charge in [-0.2, -0.15) is 0 Å². The van der Waals surface area contributed by atoms with Gasteiger partial charge in [0.1, 0.15) is 5.75 Å². The molecule has 2 aromatic rings. The second-order valence-corrected chi connectivity index (χ2v) is 6.56. The van der Waals surface area contributed by atoms with E-state index < -0.39 is 15.9 Å². The molecule has 0 aliphatic rings. The van der Waals surface area contributed by atoms with Crippen molar-refractivity contribution in [2.75, 3.05) is 11.8 Å². The van der Waals surface area contributed by atoms with Crippen molar-refractivity contribution in [3.05, 3.63) is 53.6 Å². The van der Waals surface area contributed by atoms with E-state index in [2.05, 4.69) is 4.72 Å². The van der Waals surface area contributed by atoms with Gasteiger partial charge in [0.05, 0.1) is 12.0 Å². The summed E-state index contributed by atoms with van der Waals surface area (Å²) in [5.74, 6) is 0.0194. The van der Waals surface area contributed by atoms with Crippen molar-refractivity contribution in [1.29, 1.82) is 0 Å². The third-order valence-corrected chi connectivity index (χ3v) is 4.72. The first-order chi connectivity index (χ1) is 10.9. The number of nitrogens with one attached hydrogen (secondary N) is 1. The van der Waals surface area contributed by atoms with Crippen LogP contribution in [0.5, 0.6) is 5.75 Å². The third-order valence-electron chi connectivity index (χ3n) is 3.34. The molecule has 0 spiro atoms. The highest BCUT2D eigenvalue weighted by Gasteiger charge is 2.16. The zero-order valence-corrected chi connectivity index (χ0v) is 13.7. The quantitative estimate of drug-likeness (QED) is 0.845. The molecule has 23 heavy (non-hydrogen) atoms. The van der Waals surface area contributed by atoms with Crippen LogP contribution in [-0.2, 0) is 16.4 Å². The lowest BCUT2D eigenvalue weighted by Gasteiger charge is -2.12. The lowest BCUT2D eigenvalue weighted by Crippen LogP contribution is -2.15. The molecule has 2 rings (SSSR count). The first-order valence-corrected chi connectivity index (χ1v) is 8.45. The summed E-state index contributed by atoms with van der Waals surface area (Å²) in [4.78, 5) is 11.3. The van der Waals surface area contributed by atoms with Gasteiger partial charge in [-0.15, -0.1) is 0 Å². The van der Waals surface area contributed by atoms with Crippen LogP contribution in [0.3, 0.4) is 0 Å². The maximum Gasteiger partial charge on any atom is 0.261 e. The second-order valence-electron chi connectivity index (χ2n) is 4.88. The monoisotopic (exact) mass is 334 g/mol. The molecule has 0 saturated heterocycles. The van der Waals surface area contributed by atoms with Crippen molar-refractivity contribution >= 4 is 21.6 Å². The maximum absolute atomic E-state index is 12.5. The predicted molar refractivity (Wildman–Crippen MR) is 88.1 cm³/mol. The molecule has 0 aliphatic heterocycles. The number of benzene rings is 2. The second kappa shape index (κ2) is 6.70. The van der Waals surface area contributed by atoms with Crippen molar-refractivity contribution in [2.45, 2.75) is 18.2 Å². The summed E-state index contributed by atoms with van der Waals surface area (Å²) in [6.07, 6.45) is 0.643. The van der Waals surface area contributed by atoms with Crippen LogP contribution in [0.25, 0.3) is 0 Å². The van der Waals surface area contributed by atoms with Crippen LogP contribution in [0.4, 0.5) is 5.69 Å². The fraction of sp³-hybridized carbons (Fsp3) is 0.188. The predicted octanol–water partition coefficient (Wildman–Crippen LogP) is 2.16. The number of methoxy groups -OCH3 is 1. The van der Waals surface area contributed by atoms with Crippen molar-refractivity contribution in [2.24, 2.45) is 5.73 Å². The lowest BCUT2D eigenvalue weighted by molar-refractivity contribution is 0.100. The lowest BCUT2D eigenvalue weighted by atomic mass is 10.1.